The van der Waals surface area contributed by atoms with Crippen molar-refractivity contribution in [1.29, 1.82) is 0 Å². The molecule has 0 fully saturated rings. The molecule has 0 saturated heterocycles. The lowest BCUT2D eigenvalue weighted by Gasteiger charge is -2.06. The van der Waals surface area contributed by atoms with Crippen LogP contribution in [-0.4, -0.2) is 18.7 Å². The molecule has 0 aliphatic rings. The topological polar surface area (TPSA) is 52.6 Å². The molecule has 0 radical (unpaired) electrons. The SMILES string of the molecule is CC/C=C\C/C=C\C/C=C\CCCCCCCC(=O)OC(=O)OCC(C)C. The molecule has 4 heteroatoms. The fourth-order valence-electron chi connectivity index (χ4n) is 2.30. The van der Waals surface area contributed by atoms with Crippen LogP contribution in [0.4, 0.5) is 4.79 Å². The summed E-state index contributed by atoms with van der Waals surface area (Å²) >= 11 is 0. The number of allylic oxidation sites excluding steroid dienone is 6. The maximum Gasteiger partial charge on any atom is 0.516 e. The Bertz CT molecular complexity index is 461. The van der Waals surface area contributed by atoms with E-state index in [1.165, 1.54) is 6.42 Å². The molecule has 0 amide bonds. The first-order valence-electron chi connectivity index (χ1n) is 10.4. The molecule has 0 saturated carbocycles. The summed E-state index contributed by atoms with van der Waals surface area (Å²) in [5.41, 5.74) is 0. The minimum atomic E-state index is -0.882. The van der Waals surface area contributed by atoms with E-state index in [1.807, 2.05) is 13.8 Å². The molecule has 0 aromatic heterocycles. The van der Waals surface area contributed by atoms with E-state index in [0.29, 0.717) is 0 Å². The van der Waals surface area contributed by atoms with Gasteiger partial charge >= 0.3 is 12.1 Å². The maximum atomic E-state index is 11.5. The van der Waals surface area contributed by atoms with E-state index >= 15 is 0 Å². The van der Waals surface area contributed by atoms with Gasteiger partial charge in [0.15, 0.2) is 0 Å². The molecule has 27 heavy (non-hydrogen) atoms. The quantitative estimate of drug-likeness (QED) is 0.134. The Morgan fingerprint density at radius 2 is 1.41 bits per heavy atom. The Labute approximate surface area is 165 Å². The van der Waals surface area contributed by atoms with Gasteiger partial charge in [0.2, 0.25) is 0 Å². The summed E-state index contributed by atoms with van der Waals surface area (Å²) in [7, 11) is 0. The monoisotopic (exact) mass is 378 g/mol. The van der Waals surface area contributed by atoms with Gasteiger partial charge in [0, 0.05) is 6.42 Å². The Morgan fingerprint density at radius 1 is 0.815 bits per heavy atom. The highest BCUT2D eigenvalue weighted by molar-refractivity contribution is 5.81. The first-order valence-corrected chi connectivity index (χ1v) is 10.4. The van der Waals surface area contributed by atoms with Crippen molar-refractivity contribution in [1.82, 2.24) is 0 Å². The van der Waals surface area contributed by atoms with Crippen LogP contribution in [0.1, 0.15) is 85.0 Å². The molecule has 154 valence electrons. The van der Waals surface area contributed by atoms with Crippen molar-refractivity contribution in [3.8, 4) is 0 Å². The largest absolute Gasteiger partial charge is 0.516 e. The summed E-state index contributed by atoms with van der Waals surface area (Å²) < 4.78 is 9.41. The zero-order chi connectivity index (χ0) is 20.2. The van der Waals surface area contributed by atoms with E-state index in [9.17, 15) is 9.59 Å². The summed E-state index contributed by atoms with van der Waals surface area (Å²) in [6.07, 6.45) is 22.0. The third-order valence-corrected chi connectivity index (χ3v) is 3.76. The predicted molar refractivity (Wildman–Crippen MR) is 112 cm³/mol. The number of carbonyl (C=O) groups is 2. The lowest BCUT2D eigenvalue weighted by molar-refractivity contribution is -0.140. The number of unbranched alkanes of at least 4 members (excludes halogenated alkanes) is 5. The van der Waals surface area contributed by atoms with Gasteiger partial charge in [0.25, 0.3) is 0 Å². The molecule has 0 aromatic rings. The summed E-state index contributed by atoms with van der Waals surface area (Å²) in [5.74, 6) is -0.267. The number of carbonyl (C=O) groups excluding carboxylic acids is 2. The Balaban J connectivity index is 3.44. The molecule has 0 spiro atoms. The predicted octanol–water partition coefficient (Wildman–Crippen LogP) is 6.91. The van der Waals surface area contributed by atoms with Crippen LogP contribution < -0.4 is 0 Å². The molecular weight excluding hydrogens is 340 g/mol. The zero-order valence-corrected chi connectivity index (χ0v) is 17.5. The van der Waals surface area contributed by atoms with E-state index in [4.69, 9.17) is 4.74 Å². The highest BCUT2D eigenvalue weighted by atomic mass is 16.7. The van der Waals surface area contributed by atoms with Gasteiger partial charge in [0.05, 0.1) is 6.61 Å². The van der Waals surface area contributed by atoms with Crippen molar-refractivity contribution in [3.63, 3.8) is 0 Å². The lowest BCUT2D eigenvalue weighted by Crippen LogP contribution is -2.16. The molecule has 0 aromatic carbocycles. The van der Waals surface area contributed by atoms with Gasteiger partial charge in [-0.1, -0.05) is 76.5 Å². The van der Waals surface area contributed by atoms with Crippen LogP contribution >= 0.6 is 0 Å². The molecular formula is C23H38O4. The first-order chi connectivity index (χ1) is 13.1. The van der Waals surface area contributed by atoms with Crippen LogP contribution in [0.2, 0.25) is 0 Å². The number of esters is 1. The fraction of sp³-hybridized carbons (Fsp3) is 0.652. The number of rotatable bonds is 15. The molecule has 0 rings (SSSR count). The highest BCUT2D eigenvalue weighted by Crippen LogP contribution is 2.09. The summed E-state index contributed by atoms with van der Waals surface area (Å²) in [6, 6.07) is 0. The second-order valence-electron chi connectivity index (χ2n) is 7.03. The van der Waals surface area contributed by atoms with E-state index in [0.717, 1.165) is 51.4 Å². The highest BCUT2D eigenvalue weighted by Gasteiger charge is 2.11. The van der Waals surface area contributed by atoms with Gasteiger partial charge in [-0.3, -0.25) is 4.79 Å². The van der Waals surface area contributed by atoms with Crippen molar-refractivity contribution in [3.05, 3.63) is 36.5 Å². The van der Waals surface area contributed by atoms with E-state index in [2.05, 4.69) is 48.1 Å². The number of ether oxygens (including phenoxy) is 2. The third-order valence-electron chi connectivity index (χ3n) is 3.76. The first kappa shape index (κ1) is 25.2. The smallest absolute Gasteiger partial charge is 0.434 e. The Morgan fingerprint density at radius 3 is 2.07 bits per heavy atom. The molecule has 0 aliphatic carbocycles. The van der Waals surface area contributed by atoms with E-state index in [-0.39, 0.29) is 18.9 Å². The van der Waals surface area contributed by atoms with Gasteiger partial charge in [-0.25, -0.2) is 4.79 Å². The summed E-state index contributed by atoms with van der Waals surface area (Å²) in [4.78, 5) is 22.7. The van der Waals surface area contributed by atoms with Crippen LogP contribution in [0, 0.1) is 5.92 Å². The van der Waals surface area contributed by atoms with Crippen LogP contribution in [-0.2, 0) is 14.3 Å². The Kier molecular flexibility index (Phi) is 17.6. The maximum absolute atomic E-state index is 11.5. The normalized spacial score (nSPS) is 11.9. The average molecular weight is 379 g/mol. The van der Waals surface area contributed by atoms with E-state index < -0.39 is 12.1 Å². The molecule has 4 nitrogen and oxygen atoms in total. The van der Waals surface area contributed by atoms with Crippen molar-refractivity contribution < 1.29 is 19.1 Å². The summed E-state index contributed by atoms with van der Waals surface area (Å²) in [5, 5.41) is 0. The van der Waals surface area contributed by atoms with Crippen LogP contribution in [0.25, 0.3) is 0 Å². The van der Waals surface area contributed by atoms with Crippen molar-refractivity contribution in [2.75, 3.05) is 6.61 Å². The van der Waals surface area contributed by atoms with Crippen LogP contribution in [0.3, 0.4) is 0 Å². The minimum Gasteiger partial charge on any atom is -0.434 e. The molecule has 0 unspecified atom stereocenters. The van der Waals surface area contributed by atoms with Crippen LogP contribution in [0.5, 0.6) is 0 Å². The second kappa shape index (κ2) is 18.9. The van der Waals surface area contributed by atoms with Gasteiger partial charge in [-0.2, -0.15) is 0 Å². The second-order valence-corrected chi connectivity index (χ2v) is 7.03. The minimum absolute atomic E-state index is 0.229. The molecule has 0 heterocycles. The van der Waals surface area contributed by atoms with Gasteiger partial charge in [-0.15, -0.1) is 0 Å². The third kappa shape index (κ3) is 20.3. The Hall–Kier alpha value is -1.84. The molecule has 0 bridgehead atoms. The number of hydrogen-bond acceptors (Lipinski definition) is 4. The van der Waals surface area contributed by atoms with Crippen molar-refractivity contribution in [2.45, 2.75) is 85.0 Å². The molecule has 0 atom stereocenters. The van der Waals surface area contributed by atoms with Gasteiger partial charge in [-0.05, 0) is 44.4 Å². The van der Waals surface area contributed by atoms with Gasteiger partial charge in [0.1, 0.15) is 0 Å². The van der Waals surface area contributed by atoms with Crippen molar-refractivity contribution in [2.24, 2.45) is 5.92 Å². The summed E-state index contributed by atoms with van der Waals surface area (Å²) in [6.45, 7) is 6.27. The lowest BCUT2D eigenvalue weighted by atomic mass is 10.1. The van der Waals surface area contributed by atoms with Crippen molar-refractivity contribution >= 4 is 12.1 Å². The standard InChI is InChI=1S/C23H38O4/c1-4-5-6-7-8-9-10-11-12-13-14-15-16-17-18-19-22(24)27-23(25)26-20-21(2)3/h5-6,8-9,11-12,21H,4,7,10,13-20H2,1-3H3/b6-5-,9-8-,12-11-. The zero-order valence-electron chi connectivity index (χ0n) is 17.5. The molecule has 0 N–H and O–H groups in total. The average Bonchev–Trinajstić information content (AvgIpc) is 2.63. The van der Waals surface area contributed by atoms with E-state index in [1.54, 1.807) is 0 Å². The van der Waals surface area contributed by atoms with Crippen LogP contribution in [0.15, 0.2) is 36.5 Å². The number of hydrogen-bond donors (Lipinski definition) is 0. The van der Waals surface area contributed by atoms with Gasteiger partial charge < -0.3 is 9.47 Å². The fourth-order valence-corrected chi connectivity index (χ4v) is 2.30. The molecule has 0 aliphatic heterocycles.